The molecule has 0 spiro atoms. The van der Waals surface area contributed by atoms with Crippen LogP contribution in [-0.4, -0.2) is 19.7 Å². The molecule has 114 valence electrons. The van der Waals surface area contributed by atoms with Gasteiger partial charge in [0.15, 0.2) is 0 Å². The van der Waals surface area contributed by atoms with Crippen molar-refractivity contribution in [2.24, 2.45) is 7.05 Å². The predicted molar refractivity (Wildman–Crippen MR) is 92.9 cm³/mol. The highest BCUT2D eigenvalue weighted by Crippen LogP contribution is 2.35. The molecule has 5 nitrogen and oxygen atoms in total. The molecule has 2 aromatic heterocycles. The summed E-state index contributed by atoms with van der Waals surface area (Å²) in [5.41, 5.74) is 12.1. The number of nitrogens with one attached hydrogen (secondary N) is 1. The van der Waals surface area contributed by atoms with Gasteiger partial charge < -0.3 is 10.7 Å². The summed E-state index contributed by atoms with van der Waals surface area (Å²) in [4.78, 5) is 8.02. The fraction of sp³-hybridized carbons (Fsp3) is 0.111. The first-order chi connectivity index (χ1) is 11.1. The summed E-state index contributed by atoms with van der Waals surface area (Å²) in [6.07, 6.45) is 0. The zero-order valence-electron chi connectivity index (χ0n) is 13.0. The molecule has 0 aliphatic rings. The summed E-state index contributed by atoms with van der Waals surface area (Å²) >= 11 is 0. The molecule has 5 heteroatoms. The van der Waals surface area contributed by atoms with E-state index in [0.717, 1.165) is 33.7 Å². The minimum atomic E-state index is 0.597. The van der Waals surface area contributed by atoms with Crippen molar-refractivity contribution < 1.29 is 0 Å². The van der Waals surface area contributed by atoms with Gasteiger partial charge in [-0.1, -0.05) is 42.0 Å². The van der Waals surface area contributed by atoms with Crippen LogP contribution >= 0.6 is 0 Å². The average Bonchev–Trinajstić information content (AvgIpc) is 3.09. The van der Waals surface area contributed by atoms with E-state index in [1.165, 1.54) is 5.56 Å². The van der Waals surface area contributed by atoms with Crippen LogP contribution in [0.25, 0.3) is 33.7 Å². The number of aromatic amines is 1. The van der Waals surface area contributed by atoms with Crippen molar-refractivity contribution in [2.45, 2.75) is 6.92 Å². The van der Waals surface area contributed by atoms with E-state index in [9.17, 15) is 0 Å². The van der Waals surface area contributed by atoms with Crippen LogP contribution < -0.4 is 5.73 Å². The summed E-state index contributed by atoms with van der Waals surface area (Å²) in [7, 11) is 1.85. The Balaban J connectivity index is 1.95. The molecule has 3 N–H and O–H groups in total. The minimum absolute atomic E-state index is 0.597. The molecule has 0 atom stereocenters. The van der Waals surface area contributed by atoms with Crippen molar-refractivity contribution in [2.75, 3.05) is 5.73 Å². The first-order valence-electron chi connectivity index (χ1n) is 7.48. The van der Waals surface area contributed by atoms with Gasteiger partial charge in [-0.3, -0.25) is 4.68 Å². The maximum absolute atomic E-state index is 6.26. The number of H-pyrrole nitrogens is 1. The minimum Gasteiger partial charge on any atom is -0.383 e. The Hall–Kier alpha value is -3.08. The molecule has 0 unspecified atom stereocenters. The van der Waals surface area contributed by atoms with Crippen LogP contribution in [-0.2, 0) is 7.05 Å². The van der Waals surface area contributed by atoms with Gasteiger partial charge in [0.05, 0.1) is 16.6 Å². The summed E-state index contributed by atoms with van der Waals surface area (Å²) in [6, 6.07) is 16.2. The number of anilines is 1. The summed E-state index contributed by atoms with van der Waals surface area (Å²) in [6.45, 7) is 2.07. The summed E-state index contributed by atoms with van der Waals surface area (Å²) < 4.78 is 1.69. The maximum atomic E-state index is 6.26. The lowest BCUT2D eigenvalue weighted by Crippen LogP contribution is -1.98. The lowest BCUT2D eigenvalue weighted by atomic mass is 10.1. The number of para-hydroxylation sites is 2. The molecule has 23 heavy (non-hydrogen) atoms. The molecule has 0 saturated heterocycles. The van der Waals surface area contributed by atoms with Gasteiger partial charge in [0, 0.05) is 12.6 Å². The Morgan fingerprint density at radius 3 is 2.52 bits per heavy atom. The van der Waals surface area contributed by atoms with Gasteiger partial charge in [0.25, 0.3) is 0 Å². The SMILES string of the molecule is Cc1ccc(-c2nn(C)c(N)c2-c2nc3ccccc3[nH]2)cc1. The van der Waals surface area contributed by atoms with Crippen molar-refractivity contribution >= 4 is 16.9 Å². The average molecular weight is 303 g/mol. The molecule has 0 radical (unpaired) electrons. The van der Waals surface area contributed by atoms with Gasteiger partial charge in [0.2, 0.25) is 0 Å². The third-order valence-corrected chi connectivity index (χ3v) is 4.04. The maximum Gasteiger partial charge on any atom is 0.144 e. The van der Waals surface area contributed by atoms with Gasteiger partial charge in [-0.15, -0.1) is 0 Å². The second kappa shape index (κ2) is 4.98. The smallest absolute Gasteiger partial charge is 0.144 e. The van der Waals surface area contributed by atoms with E-state index in [2.05, 4.69) is 46.3 Å². The van der Waals surface area contributed by atoms with E-state index in [1.807, 2.05) is 31.3 Å². The van der Waals surface area contributed by atoms with E-state index in [1.54, 1.807) is 4.68 Å². The fourth-order valence-electron chi connectivity index (χ4n) is 2.76. The Labute approximate surface area is 133 Å². The summed E-state index contributed by atoms with van der Waals surface area (Å²) in [5, 5.41) is 4.59. The molecular weight excluding hydrogens is 286 g/mol. The number of aromatic nitrogens is 4. The molecule has 0 bridgehead atoms. The second-order valence-electron chi connectivity index (χ2n) is 5.70. The number of fused-ring (bicyclic) bond motifs is 1. The number of hydrogen-bond donors (Lipinski definition) is 2. The number of hydrogen-bond acceptors (Lipinski definition) is 3. The van der Waals surface area contributed by atoms with Crippen LogP contribution in [0.1, 0.15) is 5.56 Å². The van der Waals surface area contributed by atoms with E-state index in [4.69, 9.17) is 5.73 Å². The number of nitrogens with two attached hydrogens (primary N) is 1. The van der Waals surface area contributed by atoms with Crippen LogP contribution in [0.3, 0.4) is 0 Å². The summed E-state index contributed by atoms with van der Waals surface area (Å²) in [5.74, 6) is 1.34. The lowest BCUT2D eigenvalue weighted by Gasteiger charge is -2.02. The van der Waals surface area contributed by atoms with Crippen LogP contribution in [0.4, 0.5) is 5.82 Å². The molecule has 4 aromatic rings. The number of nitrogens with zero attached hydrogens (tertiary/aromatic N) is 3. The van der Waals surface area contributed by atoms with Crippen molar-refractivity contribution in [1.82, 2.24) is 19.7 Å². The van der Waals surface area contributed by atoms with Crippen molar-refractivity contribution in [3.05, 3.63) is 54.1 Å². The molecule has 0 aliphatic heterocycles. The van der Waals surface area contributed by atoms with E-state index < -0.39 is 0 Å². The first kappa shape index (κ1) is 13.6. The standard InChI is InChI=1S/C18H17N5/c1-11-7-9-12(10-8-11)16-15(17(19)23(2)22-16)18-20-13-5-3-4-6-14(13)21-18/h3-10H,19H2,1-2H3,(H,20,21). The Morgan fingerprint density at radius 2 is 1.78 bits per heavy atom. The van der Waals surface area contributed by atoms with Crippen LogP contribution in [0.2, 0.25) is 0 Å². The quantitative estimate of drug-likeness (QED) is 0.595. The largest absolute Gasteiger partial charge is 0.383 e. The molecule has 4 rings (SSSR count). The van der Waals surface area contributed by atoms with Crippen LogP contribution in [0, 0.1) is 6.92 Å². The van der Waals surface area contributed by atoms with Gasteiger partial charge in [-0.2, -0.15) is 5.10 Å². The molecule has 2 aromatic carbocycles. The highest BCUT2D eigenvalue weighted by molar-refractivity contribution is 5.89. The van der Waals surface area contributed by atoms with Gasteiger partial charge in [0.1, 0.15) is 17.3 Å². The highest BCUT2D eigenvalue weighted by atomic mass is 15.3. The number of nitrogen functional groups attached to an aromatic ring is 1. The number of imidazole rings is 1. The Kier molecular flexibility index (Phi) is 2.94. The van der Waals surface area contributed by atoms with Gasteiger partial charge in [-0.05, 0) is 19.1 Å². The predicted octanol–water partition coefficient (Wildman–Crippen LogP) is 3.52. The number of benzene rings is 2. The van der Waals surface area contributed by atoms with Gasteiger partial charge in [-0.25, -0.2) is 4.98 Å². The van der Waals surface area contributed by atoms with Crippen LogP contribution in [0.15, 0.2) is 48.5 Å². The zero-order valence-corrected chi connectivity index (χ0v) is 13.0. The highest BCUT2D eigenvalue weighted by Gasteiger charge is 2.20. The Bertz CT molecular complexity index is 959. The number of rotatable bonds is 2. The molecule has 0 fully saturated rings. The molecular formula is C18H17N5. The monoisotopic (exact) mass is 303 g/mol. The molecule has 0 aliphatic carbocycles. The third kappa shape index (κ3) is 2.17. The molecule has 2 heterocycles. The van der Waals surface area contributed by atoms with Crippen LogP contribution in [0.5, 0.6) is 0 Å². The van der Waals surface area contributed by atoms with E-state index >= 15 is 0 Å². The van der Waals surface area contributed by atoms with E-state index in [-0.39, 0.29) is 0 Å². The topological polar surface area (TPSA) is 72.5 Å². The van der Waals surface area contributed by atoms with Crippen molar-refractivity contribution in [1.29, 1.82) is 0 Å². The zero-order chi connectivity index (χ0) is 16.0. The fourth-order valence-corrected chi connectivity index (χ4v) is 2.76. The third-order valence-electron chi connectivity index (χ3n) is 4.04. The van der Waals surface area contributed by atoms with Crippen molar-refractivity contribution in [3.8, 4) is 22.6 Å². The molecule has 0 saturated carbocycles. The van der Waals surface area contributed by atoms with Gasteiger partial charge >= 0.3 is 0 Å². The van der Waals surface area contributed by atoms with Crippen molar-refractivity contribution in [3.63, 3.8) is 0 Å². The lowest BCUT2D eigenvalue weighted by molar-refractivity contribution is 0.782. The Morgan fingerprint density at radius 1 is 1.04 bits per heavy atom. The normalized spacial score (nSPS) is 11.2. The van der Waals surface area contributed by atoms with E-state index in [0.29, 0.717) is 5.82 Å². The first-order valence-corrected chi connectivity index (χ1v) is 7.48. The second-order valence-corrected chi connectivity index (χ2v) is 5.70. The molecule has 0 amide bonds. The number of aryl methyl sites for hydroxylation is 2.